The second-order valence-electron chi connectivity index (χ2n) is 6.66. The number of carboxylic acids is 1. The van der Waals surface area contributed by atoms with E-state index in [0.29, 0.717) is 40.2 Å². The number of ether oxygens (including phenoxy) is 2. The largest absolute Gasteiger partial charge is 0.493 e. The molecule has 0 saturated heterocycles. The molecule has 0 aliphatic carbocycles. The van der Waals surface area contributed by atoms with E-state index >= 15 is 0 Å². The summed E-state index contributed by atoms with van der Waals surface area (Å²) in [6.07, 6.45) is 1.72. The van der Waals surface area contributed by atoms with Crippen molar-refractivity contribution >= 4 is 45.1 Å². The fourth-order valence-electron chi connectivity index (χ4n) is 3.07. The zero-order chi connectivity index (χ0) is 22.7. The number of methoxy groups -OCH3 is 2. The highest BCUT2D eigenvalue weighted by molar-refractivity contribution is 7.17. The van der Waals surface area contributed by atoms with Crippen molar-refractivity contribution in [3.05, 3.63) is 52.8 Å². The molecule has 4 aromatic rings. The Kier molecular flexibility index (Phi) is 5.99. The van der Waals surface area contributed by atoms with Crippen LogP contribution < -0.4 is 20.1 Å². The van der Waals surface area contributed by atoms with Crippen molar-refractivity contribution in [2.45, 2.75) is 13.5 Å². The molecule has 0 saturated carbocycles. The fraction of sp³-hybridized carbons (Fsp3) is 0.190. The van der Waals surface area contributed by atoms with E-state index in [1.807, 2.05) is 18.2 Å². The number of anilines is 3. The number of carbonyl (C=O) groups is 1. The minimum absolute atomic E-state index is 0.160. The van der Waals surface area contributed by atoms with E-state index < -0.39 is 5.97 Å². The van der Waals surface area contributed by atoms with Gasteiger partial charge in [-0.05, 0) is 25.1 Å². The first-order valence-electron chi connectivity index (χ1n) is 9.53. The molecular formula is C21H20N6O4S. The van der Waals surface area contributed by atoms with Gasteiger partial charge >= 0.3 is 5.97 Å². The number of carboxylic acid groups (broad SMARTS) is 1. The molecule has 0 atom stereocenters. The second-order valence-corrected chi connectivity index (χ2v) is 7.66. The van der Waals surface area contributed by atoms with Crippen LogP contribution in [0.2, 0.25) is 0 Å². The third-order valence-electron chi connectivity index (χ3n) is 4.57. The summed E-state index contributed by atoms with van der Waals surface area (Å²) in [4.78, 5) is 29.2. The van der Waals surface area contributed by atoms with E-state index in [2.05, 4.69) is 30.6 Å². The van der Waals surface area contributed by atoms with Gasteiger partial charge in [0.2, 0.25) is 5.95 Å². The second kappa shape index (κ2) is 9.02. The maximum Gasteiger partial charge on any atom is 0.347 e. The van der Waals surface area contributed by atoms with Gasteiger partial charge in [0.15, 0.2) is 16.6 Å². The van der Waals surface area contributed by atoms with Gasteiger partial charge in [-0.15, -0.1) is 0 Å². The van der Waals surface area contributed by atoms with Crippen LogP contribution in [-0.2, 0) is 6.54 Å². The minimum atomic E-state index is -1.03. The topological polar surface area (TPSA) is 131 Å². The predicted molar refractivity (Wildman–Crippen MR) is 121 cm³/mol. The number of benzene rings is 1. The predicted octanol–water partition coefficient (Wildman–Crippen LogP) is 3.86. The van der Waals surface area contributed by atoms with Crippen LogP contribution in [0.15, 0.2) is 36.5 Å². The molecule has 3 heterocycles. The van der Waals surface area contributed by atoms with Gasteiger partial charge in [-0.1, -0.05) is 17.4 Å². The Morgan fingerprint density at radius 2 is 1.91 bits per heavy atom. The number of nitrogens with zero attached hydrogens (tertiary/aromatic N) is 4. The van der Waals surface area contributed by atoms with E-state index in [-0.39, 0.29) is 10.8 Å². The molecule has 164 valence electrons. The van der Waals surface area contributed by atoms with Gasteiger partial charge in [0.25, 0.3) is 0 Å². The number of aromatic nitrogens is 4. The number of rotatable bonds is 8. The quantitative estimate of drug-likeness (QED) is 0.362. The summed E-state index contributed by atoms with van der Waals surface area (Å²) in [5.74, 6) is 0.863. The lowest BCUT2D eigenvalue weighted by Gasteiger charge is -2.14. The number of hydrogen-bond acceptors (Lipinski definition) is 10. The van der Waals surface area contributed by atoms with Gasteiger partial charge in [0.1, 0.15) is 10.7 Å². The monoisotopic (exact) mass is 452 g/mol. The van der Waals surface area contributed by atoms with E-state index in [0.717, 1.165) is 22.4 Å². The number of pyridine rings is 1. The summed E-state index contributed by atoms with van der Waals surface area (Å²) in [7, 11) is 3.11. The summed E-state index contributed by atoms with van der Waals surface area (Å²) in [6.45, 7) is 2.09. The van der Waals surface area contributed by atoms with Crippen LogP contribution in [0.3, 0.4) is 0 Å². The van der Waals surface area contributed by atoms with Crippen LogP contribution in [0.4, 0.5) is 16.9 Å². The third kappa shape index (κ3) is 4.37. The van der Waals surface area contributed by atoms with E-state index in [1.54, 1.807) is 39.5 Å². The molecule has 3 N–H and O–H groups in total. The first-order chi connectivity index (χ1) is 15.5. The van der Waals surface area contributed by atoms with Crippen molar-refractivity contribution in [2.75, 3.05) is 24.9 Å². The molecule has 0 amide bonds. The van der Waals surface area contributed by atoms with Gasteiger partial charge in [0.05, 0.1) is 37.7 Å². The van der Waals surface area contributed by atoms with Crippen LogP contribution >= 0.6 is 11.3 Å². The lowest BCUT2D eigenvalue weighted by Crippen LogP contribution is -2.07. The first-order valence-corrected chi connectivity index (χ1v) is 10.4. The molecular weight excluding hydrogens is 432 g/mol. The summed E-state index contributed by atoms with van der Waals surface area (Å²) in [5.41, 5.74) is 1.87. The number of aryl methyl sites for hydroxylation is 1. The Hall–Kier alpha value is -3.99. The molecule has 4 rings (SSSR count). The van der Waals surface area contributed by atoms with Crippen LogP contribution in [0.5, 0.6) is 11.5 Å². The SMILES string of the molecule is COc1cc2nc(Nc3nc(C)c(C(=O)O)s3)nc(NCc3ccccn3)c2cc1OC. The molecule has 0 spiro atoms. The Labute approximate surface area is 187 Å². The number of aromatic carboxylic acids is 1. The third-order valence-corrected chi connectivity index (χ3v) is 5.63. The van der Waals surface area contributed by atoms with Crippen molar-refractivity contribution in [3.63, 3.8) is 0 Å². The zero-order valence-electron chi connectivity index (χ0n) is 17.5. The lowest BCUT2D eigenvalue weighted by molar-refractivity contribution is 0.0701. The Morgan fingerprint density at radius 3 is 2.56 bits per heavy atom. The van der Waals surface area contributed by atoms with E-state index in [1.165, 1.54) is 0 Å². The molecule has 32 heavy (non-hydrogen) atoms. The highest BCUT2D eigenvalue weighted by atomic mass is 32.1. The van der Waals surface area contributed by atoms with Gasteiger partial charge in [0, 0.05) is 17.6 Å². The molecule has 0 aliphatic heterocycles. The van der Waals surface area contributed by atoms with Crippen LogP contribution in [-0.4, -0.2) is 45.2 Å². The smallest absolute Gasteiger partial charge is 0.347 e. The average molecular weight is 452 g/mol. The van der Waals surface area contributed by atoms with Crippen molar-refractivity contribution < 1.29 is 19.4 Å². The van der Waals surface area contributed by atoms with Crippen molar-refractivity contribution in [2.24, 2.45) is 0 Å². The summed E-state index contributed by atoms with van der Waals surface area (Å²) in [6, 6.07) is 9.22. The van der Waals surface area contributed by atoms with E-state index in [4.69, 9.17) is 9.47 Å². The summed E-state index contributed by atoms with van der Waals surface area (Å²) >= 11 is 1.02. The average Bonchev–Trinajstić information content (AvgIpc) is 3.17. The number of hydrogen-bond donors (Lipinski definition) is 3. The fourth-order valence-corrected chi connectivity index (χ4v) is 3.87. The van der Waals surface area contributed by atoms with E-state index in [9.17, 15) is 9.90 Å². The Balaban J connectivity index is 1.75. The highest BCUT2D eigenvalue weighted by Gasteiger charge is 2.17. The van der Waals surface area contributed by atoms with Gasteiger partial charge < -0.3 is 19.9 Å². The van der Waals surface area contributed by atoms with Crippen molar-refractivity contribution in [1.82, 2.24) is 19.9 Å². The summed E-state index contributed by atoms with van der Waals surface area (Å²) < 4.78 is 10.8. The molecule has 0 bridgehead atoms. The maximum absolute atomic E-state index is 11.3. The van der Waals surface area contributed by atoms with Gasteiger partial charge in [-0.3, -0.25) is 10.3 Å². The highest BCUT2D eigenvalue weighted by Crippen LogP contribution is 2.35. The number of thiazole rings is 1. The minimum Gasteiger partial charge on any atom is -0.493 e. The molecule has 0 aliphatic rings. The van der Waals surface area contributed by atoms with Gasteiger partial charge in [-0.25, -0.2) is 14.8 Å². The van der Waals surface area contributed by atoms with Crippen LogP contribution in [0, 0.1) is 6.92 Å². The molecule has 0 radical (unpaired) electrons. The molecule has 0 unspecified atom stereocenters. The Morgan fingerprint density at radius 1 is 1.12 bits per heavy atom. The molecule has 3 aromatic heterocycles. The number of nitrogens with one attached hydrogen (secondary N) is 2. The maximum atomic E-state index is 11.3. The molecule has 10 nitrogen and oxygen atoms in total. The molecule has 11 heteroatoms. The zero-order valence-corrected chi connectivity index (χ0v) is 18.4. The van der Waals surface area contributed by atoms with Crippen molar-refractivity contribution in [3.8, 4) is 11.5 Å². The van der Waals surface area contributed by atoms with Gasteiger partial charge in [-0.2, -0.15) is 4.98 Å². The normalized spacial score (nSPS) is 10.7. The van der Waals surface area contributed by atoms with Crippen LogP contribution in [0.25, 0.3) is 10.9 Å². The number of fused-ring (bicyclic) bond motifs is 1. The Bertz CT molecular complexity index is 1280. The van der Waals surface area contributed by atoms with Crippen molar-refractivity contribution in [1.29, 1.82) is 0 Å². The van der Waals surface area contributed by atoms with Crippen LogP contribution in [0.1, 0.15) is 21.1 Å². The first kappa shape index (κ1) is 21.2. The molecule has 1 aromatic carbocycles. The standard InChI is InChI=1S/C21H20N6O4S/c1-11-17(19(28)29)32-21(24-11)27-20-25-14-9-16(31-3)15(30-2)8-13(14)18(26-20)23-10-12-6-4-5-7-22-12/h4-9H,10H2,1-3H3,(H,28,29)(H2,23,24,25,26,27). The molecule has 0 fully saturated rings. The summed E-state index contributed by atoms with van der Waals surface area (Å²) in [5, 5.41) is 16.7. The lowest BCUT2D eigenvalue weighted by atomic mass is 10.2.